The van der Waals surface area contributed by atoms with Crippen molar-refractivity contribution in [2.45, 2.75) is 13.8 Å². The van der Waals surface area contributed by atoms with Crippen molar-refractivity contribution in [3.63, 3.8) is 0 Å². The van der Waals surface area contributed by atoms with Crippen molar-refractivity contribution in [3.8, 4) is 17.1 Å². The van der Waals surface area contributed by atoms with Crippen LogP contribution < -0.4 is 5.73 Å². The van der Waals surface area contributed by atoms with Crippen LogP contribution in [0.25, 0.3) is 17.1 Å². The highest BCUT2D eigenvalue weighted by Crippen LogP contribution is 2.29. The molecule has 1 aromatic heterocycles. The molecule has 5 nitrogen and oxygen atoms in total. The second kappa shape index (κ2) is 5.18. The quantitative estimate of drug-likeness (QED) is 0.738. The number of halogens is 1. The zero-order chi connectivity index (χ0) is 15.0. The number of rotatable bonds is 2. The van der Waals surface area contributed by atoms with Crippen LogP contribution in [0.2, 0.25) is 5.02 Å². The van der Waals surface area contributed by atoms with Gasteiger partial charge in [-0.2, -0.15) is 4.68 Å². The fraction of sp³-hybridized carbons (Fsp3) is 0.133. The molecule has 0 atom stereocenters. The molecule has 0 aliphatic carbocycles. The van der Waals surface area contributed by atoms with Gasteiger partial charge in [0.05, 0.1) is 5.69 Å². The first kappa shape index (κ1) is 13.6. The molecule has 21 heavy (non-hydrogen) atoms. The minimum Gasteiger partial charge on any atom is -0.398 e. The predicted molar refractivity (Wildman–Crippen MR) is 83.5 cm³/mol. The smallest absolute Gasteiger partial charge is 0.189 e. The Hall–Kier alpha value is -2.40. The summed E-state index contributed by atoms with van der Waals surface area (Å²) in [5.74, 6) is 0.599. The van der Waals surface area contributed by atoms with E-state index in [0.29, 0.717) is 16.5 Å². The number of hydrogen-bond acceptors (Lipinski definition) is 4. The van der Waals surface area contributed by atoms with Crippen LogP contribution in [0.15, 0.2) is 36.4 Å². The van der Waals surface area contributed by atoms with Gasteiger partial charge < -0.3 is 5.73 Å². The number of para-hydroxylation sites is 1. The second-order valence-electron chi connectivity index (χ2n) is 4.83. The summed E-state index contributed by atoms with van der Waals surface area (Å²) in [6, 6.07) is 11.4. The summed E-state index contributed by atoms with van der Waals surface area (Å²) in [4.78, 5) is 0. The molecule has 106 valence electrons. The second-order valence-corrected chi connectivity index (χ2v) is 5.24. The Labute approximate surface area is 127 Å². The van der Waals surface area contributed by atoms with Crippen molar-refractivity contribution in [2.24, 2.45) is 0 Å². The van der Waals surface area contributed by atoms with Crippen LogP contribution in [0, 0.1) is 13.8 Å². The number of nitrogen functional groups attached to an aromatic ring is 1. The molecule has 6 heteroatoms. The zero-order valence-corrected chi connectivity index (χ0v) is 12.5. The van der Waals surface area contributed by atoms with Crippen LogP contribution in [-0.4, -0.2) is 20.2 Å². The van der Waals surface area contributed by atoms with Crippen molar-refractivity contribution in [3.05, 3.63) is 52.5 Å². The minimum atomic E-state index is 0.599. The monoisotopic (exact) mass is 299 g/mol. The lowest BCUT2D eigenvalue weighted by Crippen LogP contribution is -2.04. The first-order chi connectivity index (χ1) is 10.1. The van der Waals surface area contributed by atoms with E-state index in [2.05, 4.69) is 15.5 Å². The molecule has 2 aromatic carbocycles. The minimum absolute atomic E-state index is 0.599. The third-order valence-corrected chi connectivity index (χ3v) is 3.91. The Morgan fingerprint density at radius 2 is 1.86 bits per heavy atom. The molecular formula is C15H14ClN5. The van der Waals surface area contributed by atoms with Crippen molar-refractivity contribution in [2.75, 3.05) is 5.73 Å². The summed E-state index contributed by atoms with van der Waals surface area (Å²) in [6.07, 6.45) is 0. The number of anilines is 1. The number of benzene rings is 2. The average Bonchev–Trinajstić information content (AvgIpc) is 2.94. The molecule has 2 N–H and O–H groups in total. The molecule has 0 amide bonds. The highest BCUT2D eigenvalue weighted by atomic mass is 35.5. The first-order valence-electron chi connectivity index (χ1n) is 6.49. The number of aromatic nitrogens is 4. The lowest BCUT2D eigenvalue weighted by molar-refractivity contribution is 0.787. The average molecular weight is 300 g/mol. The Kier molecular flexibility index (Phi) is 3.35. The Bertz CT molecular complexity index is 744. The fourth-order valence-electron chi connectivity index (χ4n) is 2.22. The summed E-state index contributed by atoms with van der Waals surface area (Å²) in [6.45, 7) is 3.89. The van der Waals surface area contributed by atoms with Crippen molar-refractivity contribution in [1.29, 1.82) is 0 Å². The molecule has 0 saturated carbocycles. The fourth-order valence-corrected chi connectivity index (χ4v) is 2.39. The van der Waals surface area contributed by atoms with E-state index in [0.717, 1.165) is 22.4 Å². The van der Waals surface area contributed by atoms with Gasteiger partial charge in [0.2, 0.25) is 0 Å². The molecule has 0 aliphatic rings. The van der Waals surface area contributed by atoms with Gasteiger partial charge in [-0.1, -0.05) is 29.8 Å². The largest absolute Gasteiger partial charge is 0.398 e. The Morgan fingerprint density at radius 1 is 1.10 bits per heavy atom. The van der Waals surface area contributed by atoms with Gasteiger partial charge in [0.15, 0.2) is 5.82 Å². The lowest BCUT2D eigenvalue weighted by atomic mass is 10.1. The van der Waals surface area contributed by atoms with Gasteiger partial charge in [-0.05, 0) is 53.6 Å². The number of hydrogen-bond donors (Lipinski definition) is 1. The van der Waals surface area contributed by atoms with E-state index >= 15 is 0 Å². The summed E-state index contributed by atoms with van der Waals surface area (Å²) in [7, 11) is 0. The molecule has 0 spiro atoms. The Balaban J connectivity index is 2.22. The van der Waals surface area contributed by atoms with Crippen molar-refractivity contribution >= 4 is 17.3 Å². The first-order valence-corrected chi connectivity index (χ1v) is 6.86. The molecule has 0 radical (unpaired) electrons. The molecule has 0 unspecified atom stereocenters. The lowest BCUT2D eigenvalue weighted by Gasteiger charge is -2.11. The van der Waals surface area contributed by atoms with E-state index in [1.165, 1.54) is 0 Å². The van der Waals surface area contributed by atoms with Gasteiger partial charge >= 0.3 is 0 Å². The van der Waals surface area contributed by atoms with Gasteiger partial charge in [0, 0.05) is 16.3 Å². The zero-order valence-electron chi connectivity index (χ0n) is 11.7. The summed E-state index contributed by atoms with van der Waals surface area (Å²) in [5.41, 5.74) is 10.4. The third-order valence-electron chi connectivity index (χ3n) is 3.50. The van der Waals surface area contributed by atoms with E-state index in [1.54, 1.807) is 4.68 Å². The van der Waals surface area contributed by atoms with Crippen LogP contribution in [-0.2, 0) is 0 Å². The van der Waals surface area contributed by atoms with Crippen LogP contribution in [0.3, 0.4) is 0 Å². The van der Waals surface area contributed by atoms with E-state index in [1.807, 2.05) is 50.2 Å². The number of tetrazole rings is 1. The standard InChI is InChI=1S/C15H14ClN5/c1-9-5-3-6-11(14(9)17)15-18-19-20-21(15)13-8-4-7-12(16)10(13)2/h3-8H,17H2,1-2H3. The van der Waals surface area contributed by atoms with E-state index in [9.17, 15) is 0 Å². The molecule has 3 aromatic rings. The van der Waals surface area contributed by atoms with Gasteiger partial charge in [-0.3, -0.25) is 0 Å². The van der Waals surface area contributed by atoms with E-state index < -0.39 is 0 Å². The highest BCUT2D eigenvalue weighted by Gasteiger charge is 2.16. The maximum Gasteiger partial charge on any atom is 0.189 e. The molecular weight excluding hydrogens is 286 g/mol. The van der Waals surface area contributed by atoms with E-state index in [4.69, 9.17) is 17.3 Å². The molecule has 0 aliphatic heterocycles. The van der Waals surface area contributed by atoms with E-state index in [-0.39, 0.29) is 0 Å². The summed E-state index contributed by atoms with van der Waals surface area (Å²) >= 11 is 6.18. The van der Waals surface area contributed by atoms with Crippen LogP contribution >= 0.6 is 11.6 Å². The predicted octanol–water partition coefficient (Wildman–Crippen LogP) is 3.18. The maximum absolute atomic E-state index is 6.18. The van der Waals surface area contributed by atoms with Crippen LogP contribution in [0.1, 0.15) is 11.1 Å². The summed E-state index contributed by atoms with van der Waals surface area (Å²) in [5, 5.41) is 12.6. The van der Waals surface area contributed by atoms with Crippen molar-refractivity contribution < 1.29 is 0 Å². The number of nitrogens with two attached hydrogens (primary N) is 1. The third kappa shape index (κ3) is 2.25. The maximum atomic E-state index is 6.18. The number of aryl methyl sites for hydroxylation is 1. The van der Waals surface area contributed by atoms with Gasteiger partial charge in [-0.25, -0.2) is 0 Å². The highest BCUT2D eigenvalue weighted by molar-refractivity contribution is 6.31. The van der Waals surface area contributed by atoms with Gasteiger partial charge in [0.25, 0.3) is 0 Å². The topological polar surface area (TPSA) is 69.6 Å². The van der Waals surface area contributed by atoms with Crippen LogP contribution in [0.5, 0.6) is 0 Å². The molecule has 1 heterocycles. The molecule has 0 bridgehead atoms. The summed E-state index contributed by atoms with van der Waals surface area (Å²) < 4.78 is 1.66. The molecule has 0 fully saturated rings. The van der Waals surface area contributed by atoms with Crippen LogP contribution in [0.4, 0.5) is 5.69 Å². The molecule has 0 saturated heterocycles. The SMILES string of the molecule is Cc1cccc(-c2nnnn2-c2cccc(Cl)c2C)c1N. The number of nitrogens with zero attached hydrogens (tertiary/aromatic N) is 4. The van der Waals surface area contributed by atoms with Gasteiger partial charge in [0.1, 0.15) is 0 Å². The van der Waals surface area contributed by atoms with Crippen molar-refractivity contribution in [1.82, 2.24) is 20.2 Å². The normalized spacial score (nSPS) is 10.8. The molecule has 3 rings (SSSR count). The van der Waals surface area contributed by atoms with Gasteiger partial charge in [-0.15, -0.1) is 5.10 Å². The Morgan fingerprint density at radius 3 is 2.67 bits per heavy atom.